The molecule has 18 heavy (non-hydrogen) atoms. The summed E-state index contributed by atoms with van der Waals surface area (Å²) < 4.78 is 15.6. The molecule has 0 radical (unpaired) electrons. The van der Waals surface area contributed by atoms with Crippen LogP contribution in [0.3, 0.4) is 0 Å². The minimum Gasteiger partial charge on any atom is -0.465 e. The lowest BCUT2D eigenvalue weighted by atomic mass is 10.00. The third kappa shape index (κ3) is 2.63. The van der Waals surface area contributed by atoms with Gasteiger partial charge in [-0.1, -0.05) is 6.92 Å². The van der Waals surface area contributed by atoms with Crippen molar-refractivity contribution in [3.63, 3.8) is 0 Å². The minimum atomic E-state index is -1.15. The van der Waals surface area contributed by atoms with Gasteiger partial charge in [-0.25, -0.2) is 4.79 Å². The number of hydrogen-bond donors (Lipinski definition) is 1. The van der Waals surface area contributed by atoms with E-state index in [1.54, 1.807) is 39.0 Å². The Hall–Kier alpha value is -1.59. The van der Waals surface area contributed by atoms with E-state index < -0.39 is 24.0 Å². The highest BCUT2D eigenvalue weighted by atomic mass is 16.8. The quantitative estimate of drug-likeness (QED) is 0.611. The van der Waals surface area contributed by atoms with E-state index in [0.29, 0.717) is 11.3 Å². The first kappa shape index (κ1) is 12.9. The summed E-state index contributed by atoms with van der Waals surface area (Å²) >= 11 is 0. The fourth-order valence-electron chi connectivity index (χ4n) is 1.76. The number of carbonyl (C=O) groups excluding carboxylic acids is 1. The maximum absolute atomic E-state index is 12.0. The average Bonchev–Trinajstić information content (AvgIpc) is 2.73. The molecule has 0 bridgehead atoms. The first-order chi connectivity index (χ1) is 8.39. The molecule has 2 heterocycles. The van der Waals surface area contributed by atoms with E-state index in [0.717, 1.165) is 0 Å². The third-order valence-corrected chi connectivity index (χ3v) is 2.74. The summed E-state index contributed by atoms with van der Waals surface area (Å²) in [5.41, 5.74) is 0.322. The summed E-state index contributed by atoms with van der Waals surface area (Å²) in [5.74, 6) is -1.63. The Balaban J connectivity index is 2.36. The van der Waals surface area contributed by atoms with Crippen molar-refractivity contribution in [3.8, 4) is 0 Å². The van der Waals surface area contributed by atoms with E-state index in [9.17, 15) is 9.90 Å². The van der Waals surface area contributed by atoms with Gasteiger partial charge in [0.05, 0.1) is 6.26 Å². The molecule has 0 aromatic carbocycles. The van der Waals surface area contributed by atoms with Crippen molar-refractivity contribution >= 4 is 12.0 Å². The molecular weight excluding hydrogens is 236 g/mol. The van der Waals surface area contributed by atoms with E-state index in [4.69, 9.17) is 13.9 Å². The summed E-state index contributed by atoms with van der Waals surface area (Å²) in [6, 6.07) is 3.44. The first-order valence-corrected chi connectivity index (χ1v) is 5.73. The Labute approximate surface area is 105 Å². The normalized spacial score (nSPS) is 30.0. The van der Waals surface area contributed by atoms with Crippen LogP contribution in [0.5, 0.6) is 0 Å². The molecule has 2 rings (SSSR count). The summed E-state index contributed by atoms with van der Waals surface area (Å²) in [7, 11) is 0. The lowest BCUT2D eigenvalue weighted by Crippen LogP contribution is -2.33. The molecule has 1 aliphatic heterocycles. The Kier molecular flexibility index (Phi) is 3.28. The van der Waals surface area contributed by atoms with Crippen LogP contribution in [0.15, 0.2) is 28.4 Å². The molecular formula is C13H16O5. The molecule has 5 nitrogen and oxygen atoms in total. The SMILES string of the molecule is CC1/C(=C\c2ccco2)C(=O)OC(C)(C)OC1O. The van der Waals surface area contributed by atoms with Crippen LogP contribution >= 0.6 is 0 Å². The highest BCUT2D eigenvalue weighted by Crippen LogP contribution is 2.30. The van der Waals surface area contributed by atoms with Gasteiger partial charge in [-0.15, -0.1) is 0 Å². The highest BCUT2D eigenvalue weighted by Gasteiger charge is 2.38. The fraction of sp³-hybridized carbons (Fsp3) is 0.462. The summed E-state index contributed by atoms with van der Waals surface area (Å²) in [5, 5.41) is 9.88. The number of ether oxygens (including phenoxy) is 2. The third-order valence-electron chi connectivity index (χ3n) is 2.74. The maximum Gasteiger partial charge on any atom is 0.337 e. The topological polar surface area (TPSA) is 68.9 Å². The Morgan fingerprint density at radius 3 is 2.78 bits per heavy atom. The van der Waals surface area contributed by atoms with Crippen molar-refractivity contribution in [2.45, 2.75) is 32.8 Å². The molecule has 2 atom stereocenters. The van der Waals surface area contributed by atoms with E-state index >= 15 is 0 Å². The van der Waals surface area contributed by atoms with Crippen molar-refractivity contribution in [2.75, 3.05) is 0 Å². The number of cyclic esters (lactones) is 1. The molecule has 1 aromatic rings. The van der Waals surface area contributed by atoms with Crippen molar-refractivity contribution in [2.24, 2.45) is 5.92 Å². The zero-order chi connectivity index (χ0) is 13.3. The summed E-state index contributed by atoms with van der Waals surface area (Å²) in [4.78, 5) is 12.0. The van der Waals surface area contributed by atoms with Crippen LogP contribution in [-0.4, -0.2) is 23.2 Å². The molecule has 1 N–H and O–H groups in total. The fourth-order valence-corrected chi connectivity index (χ4v) is 1.76. The molecule has 0 saturated carbocycles. The number of rotatable bonds is 1. The number of furan rings is 1. The van der Waals surface area contributed by atoms with Crippen LogP contribution in [-0.2, 0) is 14.3 Å². The number of aliphatic hydroxyl groups is 1. The van der Waals surface area contributed by atoms with Crippen LogP contribution in [0.25, 0.3) is 6.08 Å². The van der Waals surface area contributed by atoms with E-state index in [-0.39, 0.29) is 0 Å². The molecule has 0 aliphatic carbocycles. The molecule has 0 amide bonds. The van der Waals surface area contributed by atoms with Gasteiger partial charge in [0.25, 0.3) is 0 Å². The van der Waals surface area contributed by atoms with Crippen molar-refractivity contribution in [1.82, 2.24) is 0 Å². The molecule has 98 valence electrons. The lowest BCUT2D eigenvalue weighted by molar-refractivity contribution is -0.267. The molecule has 1 aliphatic rings. The van der Waals surface area contributed by atoms with Gasteiger partial charge in [-0.3, -0.25) is 0 Å². The number of aliphatic hydroxyl groups excluding tert-OH is 1. The monoisotopic (exact) mass is 252 g/mol. The molecule has 0 spiro atoms. The predicted octanol–water partition coefficient (Wildman–Crippen LogP) is 1.93. The van der Waals surface area contributed by atoms with Crippen molar-refractivity contribution in [3.05, 3.63) is 29.7 Å². The second-order valence-corrected chi connectivity index (χ2v) is 4.70. The first-order valence-electron chi connectivity index (χ1n) is 5.73. The summed E-state index contributed by atoms with van der Waals surface area (Å²) in [6.07, 6.45) is 1.96. The van der Waals surface area contributed by atoms with Gasteiger partial charge in [-0.05, 0) is 18.2 Å². The molecule has 1 fully saturated rings. The Morgan fingerprint density at radius 2 is 2.17 bits per heavy atom. The van der Waals surface area contributed by atoms with Gasteiger partial charge < -0.3 is 19.0 Å². The van der Waals surface area contributed by atoms with E-state index in [1.807, 2.05) is 0 Å². The van der Waals surface area contributed by atoms with Gasteiger partial charge in [-0.2, -0.15) is 0 Å². The lowest BCUT2D eigenvalue weighted by Gasteiger charge is -2.24. The smallest absolute Gasteiger partial charge is 0.337 e. The Morgan fingerprint density at radius 1 is 1.44 bits per heavy atom. The van der Waals surface area contributed by atoms with E-state index in [2.05, 4.69) is 0 Å². The highest BCUT2D eigenvalue weighted by molar-refractivity contribution is 5.94. The largest absolute Gasteiger partial charge is 0.465 e. The van der Waals surface area contributed by atoms with Crippen LogP contribution in [0.4, 0.5) is 0 Å². The molecule has 1 saturated heterocycles. The van der Waals surface area contributed by atoms with Crippen LogP contribution < -0.4 is 0 Å². The Bertz CT molecular complexity index is 458. The van der Waals surface area contributed by atoms with Crippen LogP contribution in [0.1, 0.15) is 26.5 Å². The van der Waals surface area contributed by atoms with Gasteiger partial charge >= 0.3 is 5.97 Å². The second kappa shape index (κ2) is 4.59. The maximum atomic E-state index is 12.0. The van der Waals surface area contributed by atoms with Gasteiger partial charge in [0.15, 0.2) is 6.29 Å². The number of esters is 1. The average molecular weight is 252 g/mol. The van der Waals surface area contributed by atoms with Gasteiger partial charge in [0.1, 0.15) is 5.76 Å². The van der Waals surface area contributed by atoms with Gasteiger partial charge in [0.2, 0.25) is 5.79 Å². The second-order valence-electron chi connectivity index (χ2n) is 4.70. The van der Waals surface area contributed by atoms with Crippen molar-refractivity contribution in [1.29, 1.82) is 0 Å². The zero-order valence-electron chi connectivity index (χ0n) is 10.5. The predicted molar refractivity (Wildman–Crippen MR) is 63.1 cm³/mol. The van der Waals surface area contributed by atoms with Crippen LogP contribution in [0, 0.1) is 5.92 Å². The minimum absolute atomic E-state index is 0.322. The van der Waals surface area contributed by atoms with Crippen molar-refractivity contribution < 1.29 is 23.8 Å². The van der Waals surface area contributed by atoms with E-state index in [1.165, 1.54) is 6.26 Å². The number of hydrogen-bond acceptors (Lipinski definition) is 5. The van der Waals surface area contributed by atoms with Crippen LogP contribution in [0.2, 0.25) is 0 Å². The number of carbonyl (C=O) groups is 1. The van der Waals surface area contributed by atoms with Gasteiger partial charge in [0, 0.05) is 25.3 Å². The zero-order valence-corrected chi connectivity index (χ0v) is 10.5. The standard InChI is InChI=1S/C13H16O5/c1-8-10(7-9-5-4-6-16-9)12(15)18-13(2,3)17-11(8)14/h4-8,11,14H,1-3H3/b10-7+. The molecule has 2 unspecified atom stereocenters. The summed E-state index contributed by atoms with van der Waals surface area (Å²) in [6.45, 7) is 4.86. The molecule has 1 aromatic heterocycles. The molecule has 5 heteroatoms.